The fraction of sp³-hybridized carbons (Fsp3) is 0.208. The van der Waals surface area contributed by atoms with E-state index in [-0.39, 0.29) is 12.0 Å². The van der Waals surface area contributed by atoms with Crippen LogP contribution in [0.15, 0.2) is 65.7 Å². The fourth-order valence-corrected chi connectivity index (χ4v) is 4.48. The zero-order chi connectivity index (χ0) is 21.5. The highest BCUT2D eigenvalue weighted by Crippen LogP contribution is 2.46. The van der Waals surface area contributed by atoms with E-state index in [1.165, 1.54) is 17.7 Å². The topological polar surface area (TPSA) is 73.9 Å². The number of aromatic nitrogens is 3. The summed E-state index contributed by atoms with van der Waals surface area (Å²) in [5, 5.41) is 11.5. The summed E-state index contributed by atoms with van der Waals surface area (Å²) < 4.78 is 14.3. The zero-order valence-corrected chi connectivity index (χ0v) is 17.3. The zero-order valence-electron chi connectivity index (χ0n) is 17.3. The van der Waals surface area contributed by atoms with Crippen LogP contribution < -0.4 is 10.9 Å². The maximum absolute atomic E-state index is 14.3. The molecule has 2 atom stereocenters. The van der Waals surface area contributed by atoms with E-state index < -0.39 is 11.4 Å². The van der Waals surface area contributed by atoms with Gasteiger partial charge in [-0.1, -0.05) is 24.3 Å². The third-order valence-corrected chi connectivity index (χ3v) is 5.69. The second kappa shape index (κ2) is 7.59. The van der Waals surface area contributed by atoms with Gasteiger partial charge < -0.3 is 10.2 Å². The maximum Gasteiger partial charge on any atom is 0.272 e. The number of rotatable bonds is 4. The van der Waals surface area contributed by atoms with E-state index in [1.54, 1.807) is 12.4 Å². The molecule has 1 aliphatic heterocycles. The van der Waals surface area contributed by atoms with Gasteiger partial charge in [-0.25, -0.2) is 9.49 Å². The lowest BCUT2D eigenvalue weighted by Gasteiger charge is -2.35. The van der Waals surface area contributed by atoms with Gasteiger partial charge >= 0.3 is 0 Å². The van der Waals surface area contributed by atoms with Crippen LogP contribution in [0, 0.1) is 5.82 Å². The molecule has 0 radical (unpaired) electrons. The minimum atomic E-state index is -0.461. The average Bonchev–Trinajstić information content (AvgIpc) is 2.75. The summed E-state index contributed by atoms with van der Waals surface area (Å²) in [6, 6.07) is 14.8. The molecule has 5 rings (SSSR count). The van der Waals surface area contributed by atoms with Crippen molar-refractivity contribution in [2.45, 2.75) is 18.5 Å². The number of aromatic amines is 1. The molecular weight excluding hydrogens is 393 g/mol. The Morgan fingerprint density at radius 1 is 1.06 bits per heavy atom. The van der Waals surface area contributed by atoms with Crippen LogP contribution >= 0.6 is 0 Å². The van der Waals surface area contributed by atoms with Crippen LogP contribution in [0.1, 0.15) is 34.3 Å². The summed E-state index contributed by atoms with van der Waals surface area (Å²) in [6.45, 7) is 0.810. The quantitative estimate of drug-likeness (QED) is 0.530. The third-order valence-electron chi connectivity index (χ3n) is 5.69. The van der Waals surface area contributed by atoms with Gasteiger partial charge in [0.1, 0.15) is 5.82 Å². The molecule has 1 aliphatic rings. The Morgan fingerprint density at radius 2 is 1.87 bits per heavy atom. The Balaban J connectivity index is 1.76. The molecule has 2 N–H and O–H groups in total. The van der Waals surface area contributed by atoms with Crippen LogP contribution in [0.2, 0.25) is 0 Å². The van der Waals surface area contributed by atoms with Crippen LogP contribution in [-0.2, 0) is 6.54 Å². The van der Waals surface area contributed by atoms with Crippen molar-refractivity contribution in [3.8, 4) is 0 Å². The summed E-state index contributed by atoms with van der Waals surface area (Å²) in [6.07, 6.45) is 3.49. The Morgan fingerprint density at radius 3 is 2.65 bits per heavy atom. The van der Waals surface area contributed by atoms with E-state index >= 15 is 0 Å². The molecule has 0 fully saturated rings. The summed E-state index contributed by atoms with van der Waals surface area (Å²) >= 11 is 0. The number of hydrogen-bond donors (Lipinski definition) is 2. The van der Waals surface area contributed by atoms with Gasteiger partial charge in [0.2, 0.25) is 0 Å². The molecule has 0 amide bonds. The standard InChI is InChI=1S/C24H22FN5O/c1-30(2)13-14-4-3-5-16(10-14)20-22(15-6-8-26-9-7-15)27-19-12-17(25)11-18-21(19)23(20)28-29-24(18)31/h3-12,20,22,27H,13H2,1-2H3,(H,29,31)/t20-,22-/m1/s1. The van der Waals surface area contributed by atoms with E-state index in [0.29, 0.717) is 16.5 Å². The van der Waals surface area contributed by atoms with Crippen LogP contribution in [0.5, 0.6) is 0 Å². The normalized spacial score (nSPS) is 17.7. The number of halogens is 1. The van der Waals surface area contributed by atoms with Gasteiger partial charge in [-0.3, -0.25) is 9.78 Å². The summed E-state index contributed by atoms with van der Waals surface area (Å²) in [4.78, 5) is 18.7. The van der Waals surface area contributed by atoms with E-state index in [9.17, 15) is 9.18 Å². The first-order valence-electron chi connectivity index (χ1n) is 10.1. The van der Waals surface area contributed by atoms with Gasteiger partial charge in [-0.2, -0.15) is 5.10 Å². The summed E-state index contributed by atoms with van der Waals surface area (Å²) in [5.74, 6) is -0.639. The molecular formula is C24H22FN5O. The van der Waals surface area contributed by atoms with Crippen LogP contribution in [-0.4, -0.2) is 34.2 Å². The monoisotopic (exact) mass is 415 g/mol. The Labute approximate surface area is 178 Å². The van der Waals surface area contributed by atoms with Crippen LogP contribution in [0.3, 0.4) is 0 Å². The predicted octanol–water partition coefficient (Wildman–Crippen LogP) is 3.82. The molecule has 0 aliphatic carbocycles. The van der Waals surface area contributed by atoms with Crippen molar-refractivity contribution in [3.05, 3.63) is 99.5 Å². The number of nitrogens with one attached hydrogen (secondary N) is 2. The first-order valence-corrected chi connectivity index (χ1v) is 10.1. The van der Waals surface area contributed by atoms with Crippen molar-refractivity contribution in [2.75, 3.05) is 19.4 Å². The van der Waals surface area contributed by atoms with Gasteiger partial charge in [-0.05, 0) is 55.1 Å². The van der Waals surface area contributed by atoms with Crippen LogP contribution in [0.4, 0.5) is 10.1 Å². The first-order chi connectivity index (χ1) is 15.0. The second-order valence-corrected chi connectivity index (χ2v) is 8.18. The number of H-pyrrole nitrogens is 1. The van der Waals surface area contributed by atoms with Crippen molar-refractivity contribution in [3.63, 3.8) is 0 Å². The molecule has 0 bridgehead atoms. The minimum absolute atomic E-state index is 0.179. The van der Waals surface area contributed by atoms with E-state index in [2.05, 4.69) is 43.6 Å². The number of benzene rings is 2. The molecule has 0 saturated heterocycles. The smallest absolute Gasteiger partial charge is 0.272 e. The lowest BCUT2D eigenvalue weighted by Crippen LogP contribution is -2.28. The second-order valence-electron chi connectivity index (χ2n) is 8.18. The maximum atomic E-state index is 14.3. The molecule has 156 valence electrons. The molecule has 2 aromatic heterocycles. The number of hydrogen-bond acceptors (Lipinski definition) is 5. The molecule has 4 aromatic rings. The van der Waals surface area contributed by atoms with Crippen molar-refractivity contribution in [2.24, 2.45) is 0 Å². The SMILES string of the molecule is CN(C)Cc1cccc([C@H]2c3n[nH]c(=O)c4cc(F)cc(c34)N[C@@H]2c2ccncc2)c1. The van der Waals surface area contributed by atoms with E-state index in [1.807, 2.05) is 32.3 Å². The van der Waals surface area contributed by atoms with Gasteiger partial charge in [0, 0.05) is 30.0 Å². The highest BCUT2D eigenvalue weighted by molar-refractivity contribution is 5.97. The Kier molecular flexibility index (Phi) is 4.75. The molecule has 6 nitrogen and oxygen atoms in total. The number of anilines is 1. The molecule has 2 aromatic carbocycles. The van der Waals surface area contributed by atoms with Crippen molar-refractivity contribution >= 4 is 16.5 Å². The van der Waals surface area contributed by atoms with Gasteiger partial charge in [0.05, 0.1) is 23.0 Å². The fourth-order valence-electron chi connectivity index (χ4n) is 4.48. The van der Waals surface area contributed by atoms with Gasteiger partial charge in [0.15, 0.2) is 0 Å². The average molecular weight is 415 g/mol. The van der Waals surface area contributed by atoms with Gasteiger partial charge in [0.25, 0.3) is 5.56 Å². The summed E-state index contributed by atoms with van der Waals surface area (Å²) in [5.41, 5.74) is 4.17. The van der Waals surface area contributed by atoms with Crippen molar-refractivity contribution in [1.82, 2.24) is 20.1 Å². The van der Waals surface area contributed by atoms with Crippen molar-refractivity contribution in [1.29, 1.82) is 0 Å². The van der Waals surface area contributed by atoms with Crippen LogP contribution in [0.25, 0.3) is 10.8 Å². The molecule has 0 unspecified atom stereocenters. The third kappa shape index (κ3) is 3.47. The number of pyridine rings is 1. The molecule has 7 heteroatoms. The lowest BCUT2D eigenvalue weighted by atomic mass is 9.80. The molecule has 31 heavy (non-hydrogen) atoms. The summed E-state index contributed by atoms with van der Waals surface area (Å²) in [7, 11) is 4.07. The van der Waals surface area contributed by atoms with E-state index in [4.69, 9.17) is 0 Å². The largest absolute Gasteiger partial charge is 0.377 e. The highest BCUT2D eigenvalue weighted by Gasteiger charge is 2.35. The molecule has 3 heterocycles. The molecule has 0 saturated carbocycles. The Hall–Kier alpha value is -3.58. The highest BCUT2D eigenvalue weighted by atomic mass is 19.1. The first kappa shape index (κ1) is 19.4. The predicted molar refractivity (Wildman–Crippen MR) is 119 cm³/mol. The van der Waals surface area contributed by atoms with Crippen molar-refractivity contribution < 1.29 is 4.39 Å². The Bertz CT molecular complexity index is 1320. The lowest BCUT2D eigenvalue weighted by molar-refractivity contribution is 0.402. The van der Waals surface area contributed by atoms with Gasteiger partial charge in [-0.15, -0.1) is 0 Å². The van der Waals surface area contributed by atoms with E-state index in [0.717, 1.165) is 23.4 Å². The minimum Gasteiger partial charge on any atom is -0.377 e. The molecule has 0 spiro atoms. The number of nitrogens with zero attached hydrogens (tertiary/aromatic N) is 3.